The molecule has 0 aromatic carbocycles. The molecular formula is C22H30N10O8. The van der Waals surface area contributed by atoms with E-state index in [2.05, 4.69) is 20.6 Å². The molecule has 1 fully saturated rings. The van der Waals surface area contributed by atoms with E-state index in [0.717, 1.165) is 35.3 Å². The highest BCUT2D eigenvalue weighted by molar-refractivity contribution is 5.74. The molecule has 4 aromatic rings. The van der Waals surface area contributed by atoms with Crippen molar-refractivity contribution < 1.29 is 19.8 Å². The number of aliphatic carboxylic acids is 2. The molecule has 0 aliphatic carbocycles. The monoisotopic (exact) mass is 562 g/mol. The van der Waals surface area contributed by atoms with Crippen LogP contribution in [0.25, 0.3) is 22.3 Å². The predicted molar refractivity (Wildman–Crippen MR) is 141 cm³/mol. The fraction of sp³-hybridized carbons (Fsp3) is 0.455. The molecule has 0 bridgehead atoms. The van der Waals surface area contributed by atoms with Gasteiger partial charge in [-0.25, -0.2) is 19.6 Å². The summed E-state index contributed by atoms with van der Waals surface area (Å²) in [5, 5.41) is 23.9. The molecule has 1 aliphatic rings. The fourth-order valence-corrected chi connectivity index (χ4v) is 3.93. The van der Waals surface area contributed by atoms with Gasteiger partial charge in [-0.15, -0.1) is 0 Å². The van der Waals surface area contributed by atoms with Crippen molar-refractivity contribution in [2.45, 2.75) is 13.1 Å². The second kappa shape index (κ2) is 12.3. The predicted octanol–water partition coefficient (Wildman–Crippen LogP) is -3.78. The number of aromatic nitrogens is 8. The van der Waals surface area contributed by atoms with Crippen molar-refractivity contribution >= 4 is 34.3 Å². The second-order valence-electron chi connectivity index (χ2n) is 8.79. The maximum absolute atomic E-state index is 11.9. The quantitative estimate of drug-likeness (QED) is 0.188. The zero-order valence-electron chi connectivity index (χ0n) is 22.3. The molecule has 4 aromatic heterocycles. The van der Waals surface area contributed by atoms with Crippen molar-refractivity contribution in [3.63, 3.8) is 0 Å². The number of carboxylic acids is 2. The lowest BCUT2D eigenvalue weighted by atomic mass is 10.4. The molecular weight excluding hydrogens is 532 g/mol. The van der Waals surface area contributed by atoms with Gasteiger partial charge in [0, 0.05) is 54.4 Å². The summed E-state index contributed by atoms with van der Waals surface area (Å²) in [6, 6.07) is 0. The molecule has 5 rings (SSSR count). The normalized spacial score (nSPS) is 12.9. The van der Waals surface area contributed by atoms with E-state index in [0.29, 0.717) is 0 Å². The number of imidazole rings is 2. The van der Waals surface area contributed by atoms with E-state index in [1.165, 1.54) is 59.1 Å². The minimum absolute atomic E-state index is 0.108. The number of nitrogens with zero attached hydrogens (tertiary/aromatic N) is 8. The molecule has 18 heteroatoms. The van der Waals surface area contributed by atoms with Gasteiger partial charge in [-0.05, 0) is 0 Å². The Bertz CT molecular complexity index is 1660. The topological polar surface area (TPSA) is 222 Å². The summed E-state index contributed by atoms with van der Waals surface area (Å²) in [4.78, 5) is 75.9. The molecule has 40 heavy (non-hydrogen) atoms. The first-order chi connectivity index (χ1) is 18.9. The van der Waals surface area contributed by atoms with Gasteiger partial charge >= 0.3 is 23.3 Å². The highest BCUT2D eigenvalue weighted by atomic mass is 16.4. The minimum atomic E-state index is -1.08. The van der Waals surface area contributed by atoms with Gasteiger partial charge in [-0.1, -0.05) is 0 Å². The van der Waals surface area contributed by atoms with E-state index >= 15 is 0 Å². The Morgan fingerprint density at radius 1 is 0.675 bits per heavy atom. The molecule has 18 nitrogen and oxygen atoms in total. The summed E-state index contributed by atoms with van der Waals surface area (Å²) in [6.07, 6.45) is 2.47. The third-order valence-corrected chi connectivity index (χ3v) is 6.00. The number of aryl methyl sites for hydroxylation is 2. The van der Waals surface area contributed by atoms with Crippen molar-refractivity contribution in [2.75, 3.05) is 26.2 Å². The van der Waals surface area contributed by atoms with Gasteiger partial charge in [-0.2, -0.15) is 0 Å². The Labute approximate surface area is 224 Å². The molecule has 216 valence electrons. The molecule has 0 amide bonds. The van der Waals surface area contributed by atoms with Crippen LogP contribution in [0.1, 0.15) is 0 Å². The number of carbonyl (C=O) groups is 2. The Balaban J connectivity index is 0.000000183. The van der Waals surface area contributed by atoms with E-state index in [9.17, 15) is 28.8 Å². The van der Waals surface area contributed by atoms with Crippen molar-refractivity contribution in [3.8, 4) is 0 Å². The largest absolute Gasteiger partial charge is 0.480 e. The summed E-state index contributed by atoms with van der Waals surface area (Å²) in [7, 11) is 5.62. The van der Waals surface area contributed by atoms with Crippen LogP contribution in [-0.2, 0) is 50.9 Å². The highest BCUT2D eigenvalue weighted by Crippen LogP contribution is 2.05. The minimum Gasteiger partial charge on any atom is -0.480 e. The standard InChI is InChI=1S/2C9H10N4O4.C4H10N2/c2*1-11-7-6(8(16)12(2)9(11)17)13(4-10-7)3-5(14)15;1-2-6-4-3-5-1/h2*4H,3H2,1-2H3,(H,14,15);5-6H,1-4H2. The van der Waals surface area contributed by atoms with Gasteiger partial charge in [0.05, 0.1) is 12.7 Å². The lowest BCUT2D eigenvalue weighted by Gasteiger charge is -2.11. The van der Waals surface area contributed by atoms with Crippen LogP contribution in [0.15, 0.2) is 31.8 Å². The van der Waals surface area contributed by atoms with Gasteiger partial charge in [0.2, 0.25) is 0 Å². The fourth-order valence-electron chi connectivity index (χ4n) is 3.93. The number of hydrogen-bond donors (Lipinski definition) is 4. The summed E-state index contributed by atoms with van der Waals surface area (Å²) in [6.45, 7) is 3.81. The van der Waals surface area contributed by atoms with Gasteiger partial charge in [0.25, 0.3) is 11.1 Å². The molecule has 0 radical (unpaired) electrons. The van der Waals surface area contributed by atoms with Crippen LogP contribution < -0.4 is 33.1 Å². The van der Waals surface area contributed by atoms with Crippen molar-refractivity contribution in [1.29, 1.82) is 0 Å². The highest BCUT2D eigenvalue weighted by Gasteiger charge is 2.16. The maximum atomic E-state index is 11.9. The molecule has 0 atom stereocenters. The third-order valence-electron chi connectivity index (χ3n) is 6.00. The van der Waals surface area contributed by atoms with Crippen LogP contribution in [0.2, 0.25) is 0 Å². The summed E-state index contributed by atoms with van der Waals surface area (Å²) < 4.78 is 6.66. The Hall–Kier alpha value is -4.84. The SMILES string of the molecule is C1CNCCN1.Cn1c(=O)c2c(ncn2CC(=O)O)n(C)c1=O.Cn1c(=O)c2c(ncn2CC(=O)O)n(C)c1=O. The Kier molecular flexibility index (Phi) is 9.17. The van der Waals surface area contributed by atoms with E-state index in [4.69, 9.17) is 10.2 Å². The zero-order chi connectivity index (χ0) is 29.7. The van der Waals surface area contributed by atoms with Crippen LogP contribution in [0.5, 0.6) is 0 Å². The molecule has 1 aliphatic heterocycles. The van der Waals surface area contributed by atoms with Crippen molar-refractivity contribution in [3.05, 3.63) is 54.3 Å². The number of hydrogen-bond acceptors (Lipinski definition) is 10. The number of carboxylic acid groups (broad SMARTS) is 2. The van der Waals surface area contributed by atoms with Crippen LogP contribution in [0, 0.1) is 0 Å². The molecule has 0 unspecified atom stereocenters. The first-order valence-electron chi connectivity index (χ1n) is 11.9. The van der Waals surface area contributed by atoms with Gasteiger partial charge < -0.3 is 30.0 Å². The average molecular weight is 563 g/mol. The van der Waals surface area contributed by atoms with Crippen molar-refractivity contribution in [1.82, 2.24) is 48.0 Å². The molecule has 1 saturated heterocycles. The lowest BCUT2D eigenvalue weighted by molar-refractivity contribution is -0.138. The number of rotatable bonds is 4. The number of nitrogens with one attached hydrogen (secondary N) is 2. The van der Waals surface area contributed by atoms with E-state index in [-0.39, 0.29) is 35.4 Å². The Morgan fingerprint density at radius 2 is 1.00 bits per heavy atom. The smallest absolute Gasteiger partial charge is 0.332 e. The molecule has 0 saturated carbocycles. The first-order valence-corrected chi connectivity index (χ1v) is 11.9. The lowest BCUT2D eigenvalue weighted by Crippen LogP contribution is -2.39. The van der Waals surface area contributed by atoms with Crippen molar-refractivity contribution in [2.24, 2.45) is 28.2 Å². The number of fused-ring (bicyclic) bond motifs is 2. The van der Waals surface area contributed by atoms with Gasteiger partial charge in [0.1, 0.15) is 13.1 Å². The molecule has 5 heterocycles. The second-order valence-corrected chi connectivity index (χ2v) is 8.79. The summed E-state index contributed by atoms with van der Waals surface area (Å²) in [5.74, 6) is -2.17. The Morgan fingerprint density at radius 3 is 1.27 bits per heavy atom. The van der Waals surface area contributed by atoms with Crippen LogP contribution in [0.3, 0.4) is 0 Å². The van der Waals surface area contributed by atoms with Gasteiger partial charge in [-0.3, -0.25) is 37.4 Å². The summed E-state index contributed by atoms with van der Waals surface area (Å²) in [5.41, 5.74) is -1.53. The van der Waals surface area contributed by atoms with Crippen LogP contribution in [-0.4, -0.2) is 85.7 Å². The first kappa shape index (κ1) is 29.7. The van der Waals surface area contributed by atoms with Crippen LogP contribution >= 0.6 is 0 Å². The maximum Gasteiger partial charge on any atom is 0.332 e. The van der Waals surface area contributed by atoms with E-state index in [1.54, 1.807) is 0 Å². The van der Waals surface area contributed by atoms with E-state index < -0.39 is 34.4 Å². The zero-order valence-corrected chi connectivity index (χ0v) is 22.3. The molecule has 0 spiro atoms. The van der Waals surface area contributed by atoms with E-state index in [1.807, 2.05) is 0 Å². The third kappa shape index (κ3) is 6.07. The molecule has 4 N–H and O–H groups in total. The average Bonchev–Trinajstić information content (AvgIpc) is 3.54. The van der Waals surface area contributed by atoms with Gasteiger partial charge in [0.15, 0.2) is 22.3 Å². The number of piperazine rings is 1. The van der Waals surface area contributed by atoms with Crippen LogP contribution in [0.4, 0.5) is 0 Å². The summed E-state index contributed by atoms with van der Waals surface area (Å²) >= 11 is 0.